The molecular weight excluding hydrogens is 268 g/mol. The Hall–Kier alpha value is -2.50. The number of nitrogens with one attached hydrogen (secondary N) is 1. The van der Waals surface area contributed by atoms with Crippen LogP contribution in [0.1, 0.15) is 12.0 Å². The predicted octanol–water partition coefficient (Wildman–Crippen LogP) is 2.69. The summed E-state index contributed by atoms with van der Waals surface area (Å²) in [6.45, 7) is 0. The molecule has 0 bridgehead atoms. The van der Waals surface area contributed by atoms with E-state index in [1.165, 1.54) is 0 Å². The van der Waals surface area contributed by atoms with Crippen LogP contribution >= 0.6 is 11.8 Å². The average molecular weight is 278 g/mol. The van der Waals surface area contributed by atoms with Crippen molar-refractivity contribution in [1.82, 2.24) is 5.32 Å². The molecule has 0 fully saturated rings. The lowest BCUT2D eigenvalue weighted by atomic mass is 10.0. The highest BCUT2D eigenvalue weighted by Crippen LogP contribution is 2.39. The van der Waals surface area contributed by atoms with Gasteiger partial charge in [-0.15, -0.1) is 11.8 Å². The Balaban J connectivity index is 2.12. The molecule has 0 unspecified atom stereocenters. The Bertz CT molecular complexity index is 713. The summed E-state index contributed by atoms with van der Waals surface area (Å²) in [5, 5.41) is 22.3. The lowest BCUT2D eigenvalue weighted by Crippen LogP contribution is -2.29. The molecule has 96 valence electrons. The van der Waals surface area contributed by atoms with E-state index >= 15 is 0 Å². The van der Waals surface area contributed by atoms with E-state index < -0.39 is 0 Å². The molecule has 2 aliphatic heterocycles. The van der Waals surface area contributed by atoms with Crippen LogP contribution in [-0.2, 0) is 0 Å². The maximum Gasteiger partial charge on any atom is 0.153 e. The second kappa shape index (κ2) is 5.24. The number of rotatable bonds is 1. The van der Waals surface area contributed by atoms with Gasteiger partial charge in [0.05, 0.1) is 5.70 Å². The zero-order chi connectivity index (χ0) is 13.9. The summed E-state index contributed by atoms with van der Waals surface area (Å²) in [4.78, 5) is 4.61. The number of hydrogen-bond donors (Lipinski definition) is 1. The van der Waals surface area contributed by atoms with Gasteiger partial charge >= 0.3 is 0 Å². The van der Waals surface area contributed by atoms with Crippen LogP contribution in [0.4, 0.5) is 0 Å². The van der Waals surface area contributed by atoms with Gasteiger partial charge in [-0.3, -0.25) is 0 Å². The van der Waals surface area contributed by atoms with E-state index in [1.807, 2.05) is 42.5 Å². The molecule has 0 saturated heterocycles. The highest BCUT2D eigenvalue weighted by Gasteiger charge is 2.27. The van der Waals surface area contributed by atoms with Crippen molar-refractivity contribution in [2.75, 3.05) is 5.75 Å². The van der Waals surface area contributed by atoms with E-state index in [2.05, 4.69) is 10.3 Å². The van der Waals surface area contributed by atoms with Gasteiger partial charge in [0, 0.05) is 16.9 Å². The van der Waals surface area contributed by atoms with Crippen molar-refractivity contribution in [1.29, 1.82) is 10.5 Å². The minimum atomic E-state index is 0.114. The van der Waals surface area contributed by atoms with Crippen LogP contribution in [0.2, 0.25) is 0 Å². The van der Waals surface area contributed by atoms with Crippen molar-refractivity contribution in [3.05, 3.63) is 57.8 Å². The third-order valence-electron chi connectivity index (χ3n) is 3.13. The Morgan fingerprint density at radius 1 is 1.20 bits per heavy atom. The van der Waals surface area contributed by atoms with E-state index in [0.29, 0.717) is 11.5 Å². The van der Waals surface area contributed by atoms with Gasteiger partial charge in [-0.1, -0.05) is 30.3 Å². The second-order valence-corrected chi connectivity index (χ2v) is 5.39. The van der Waals surface area contributed by atoms with Gasteiger partial charge in [0.25, 0.3) is 0 Å². The first-order chi connectivity index (χ1) is 9.83. The van der Waals surface area contributed by atoms with E-state index in [1.54, 1.807) is 11.8 Å². The normalized spacial score (nSPS) is 16.7. The zero-order valence-electron chi connectivity index (χ0n) is 10.6. The molecule has 1 N–H and O–H groups in total. The molecule has 0 atom stereocenters. The minimum absolute atomic E-state index is 0.114. The van der Waals surface area contributed by atoms with Gasteiger partial charge < -0.3 is 5.32 Å². The van der Waals surface area contributed by atoms with Gasteiger partial charge in [-0.25, -0.2) is 4.99 Å². The van der Waals surface area contributed by atoms with Crippen molar-refractivity contribution < 1.29 is 0 Å². The summed E-state index contributed by atoms with van der Waals surface area (Å²) in [7, 11) is 0. The zero-order valence-corrected chi connectivity index (χ0v) is 11.4. The first-order valence-electron chi connectivity index (χ1n) is 6.15. The van der Waals surface area contributed by atoms with Crippen molar-refractivity contribution in [2.45, 2.75) is 6.42 Å². The Kier molecular flexibility index (Phi) is 3.28. The highest BCUT2D eigenvalue weighted by molar-refractivity contribution is 8.03. The molecule has 0 aliphatic carbocycles. The van der Waals surface area contributed by atoms with Crippen LogP contribution in [0.15, 0.2) is 57.2 Å². The molecule has 2 aliphatic rings. The number of benzene rings is 1. The average Bonchev–Trinajstić information content (AvgIpc) is 2.97. The fourth-order valence-electron chi connectivity index (χ4n) is 2.18. The lowest BCUT2D eigenvalue weighted by molar-refractivity contribution is 1.00. The summed E-state index contributed by atoms with van der Waals surface area (Å²) >= 11 is 1.67. The van der Waals surface area contributed by atoms with E-state index in [0.717, 1.165) is 28.3 Å². The largest absolute Gasteiger partial charge is 0.338 e. The number of aliphatic imine (C=N–C) groups is 1. The molecule has 4 nitrogen and oxygen atoms in total. The van der Waals surface area contributed by atoms with Crippen LogP contribution in [0.5, 0.6) is 0 Å². The fraction of sp³-hybridized carbons (Fsp3) is 0.133. The topological polar surface area (TPSA) is 72.0 Å². The maximum atomic E-state index is 9.12. The van der Waals surface area contributed by atoms with Gasteiger partial charge in [0.2, 0.25) is 0 Å². The lowest BCUT2D eigenvalue weighted by Gasteiger charge is -2.19. The smallest absolute Gasteiger partial charge is 0.153 e. The molecule has 0 aromatic heterocycles. The Morgan fingerprint density at radius 2 is 1.95 bits per heavy atom. The first-order valence-corrected chi connectivity index (χ1v) is 7.14. The first kappa shape index (κ1) is 12.5. The van der Waals surface area contributed by atoms with Crippen molar-refractivity contribution in [3.63, 3.8) is 0 Å². The third kappa shape index (κ3) is 2.09. The quantitative estimate of drug-likeness (QED) is 0.802. The van der Waals surface area contributed by atoms with Crippen LogP contribution in [0.3, 0.4) is 0 Å². The molecule has 5 heteroatoms. The Labute approximate surface area is 121 Å². The molecule has 0 amide bonds. The van der Waals surface area contributed by atoms with Crippen LogP contribution < -0.4 is 5.32 Å². The number of amidine groups is 1. The van der Waals surface area contributed by atoms with Crippen molar-refractivity contribution in [2.24, 2.45) is 4.99 Å². The molecule has 0 radical (unpaired) electrons. The molecule has 1 aromatic carbocycles. The third-order valence-corrected chi connectivity index (χ3v) is 4.15. The number of hydrogen-bond acceptors (Lipinski definition) is 5. The summed E-state index contributed by atoms with van der Waals surface area (Å²) in [6, 6.07) is 13.6. The number of thioether (sulfide) groups is 1. The molecule has 0 spiro atoms. The monoisotopic (exact) mass is 278 g/mol. The predicted molar refractivity (Wildman–Crippen MR) is 78.5 cm³/mol. The number of nitrogens with zero attached hydrogens (tertiary/aromatic N) is 3. The molecule has 0 saturated carbocycles. The van der Waals surface area contributed by atoms with Crippen molar-refractivity contribution in [3.8, 4) is 12.1 Å². The SMILES string of the molecule is N#CC(C#N)=C1NC(c2ccccc2)=NC2=C1CCS2. The molecule has 2 heterocycles. The minimum Gasteiger partial charge on any atom is -0.338 e. The summed E-state index contributed by atoms with van der Waals surface area (Å²) in [5.41, 5.74) is 2.65. The number of allylic oxidation sites excluding steroid dienone is 2. The summed E-state index contributed by atoms with van der Waals surface area (Å²) in [6.07, 6.45) is 0.834. The molecular formula is C15H10N4S. The molecule has 20 heavy (non-hydrogen) atoms. The summed E-state index contributed by atoms with van der Waals surface area (Å²) in [5.74, 6) is 1.63. The van der Waals surface area contributed by atoms with Crippen molar-refractivity contribution >= 4 is 17.6 Å². The van der Waals surface area contributed by atoms with E-state index in [4.69, 9.17) is 10.5 Å². The van der Waals surface area contributed by atoms with Gasteiger partial charge in [0.15, 0.2) is 5.57 Å². The van der Waals surface area contributed by atoms with Gasteiger partial charge in [-0.2, -0.15) is 10.5 Å². The highest BCUT2D eigenvalue weighted by atomic mass is 32.2. The molecule has 3 rings (SSSR count). The van der Waals surface area contributed by atoms with Gasteiger partial charge in [0.1, 0.15) is 23.0 Å². The Morgan fingerprint density at radius 3 is 2.65 bits per heavy atom. The van der Waals surface area contributed by atoms with Crippen LogP contribution in [0, 0.1) is 22.7 Å². The maximum absolute atomic E-state index is 9.12. The standard InChI is InChI=1S/C15H10N4S/c16-8-11(9-17)13-12-6-7-20-15(12)19-14(18-13)10-4-2-1-3-5-10/h1-5H,6-7H2,(H,18,19). The van der Waals surface area contributed by atoms with E-state index in [-0.39, 0.29) is 5.57 Å². The molecule has 1 aromatic rings. The number of nitriles is 2. The van der Waals surface area contributed by atoms with Crippen LogP contribution in [-0.4, -0.2) is 11.6 Å². The summed E-state index contributed by atoms with van der Waals surface area (Å²) < 4.78 is 0. The van der Waals surface area contributed by atoms with E-state index in [9.17, 15) is 0 Å². The van der Waals surface area contributed by atoms with Gasteiger partial charge in [-0.05, 0) is 6.42 Å². The second-order valence-electron chi connectivity index (χ2n) is 4.31. The fourth-order valence-corrected chi connectivity index (χ4v) is 3.22. The van der Waals surface area contributed by atoms with Crippen LogP contribution in [0.25, 0.3) is 0 Å².